The van der Waals surface area contributed by atoms with Crippen molar-refractivity contribution in [1.29, 1.82) is 0 Å². The zero-order valence-corrected chi connectivity index (χ0v) is 7.17. The molecule has 0 atom stereocenters. The van der Waals surface area contributed by atoms with Crippen molar-refractivity contribution in [1.82, 2.24) is 9.80 Å². The Morgan fingerprint density at radius 1 is 1.33 bits per heavy atom. The van der Waals surface area contributed by atoms with E-state index in [1.54, 1.807) is 0 Å². The largest absolute Gasteiger partial charge is 0.464 e. The summed E-state index contributed by atoms with van der Waals surface area (Å²) in [7, 11) is 0. The number of rotatable bonds is 0. The molecule has 2 bridgehead atoms. The molecule has 0 radical (unpaired) electrons. The molecule has 0 aromatic rings. The lowest BCUT2D eigenvalue weighted by Crippen LogP contribution is -2.27. The molecule has 74 valence electrons. The fourth-order valence-electron chi connectivity index (χ4n) is 1.75. The Morgan fingerprint density at radius 3 is 2.73 bits per heavy atom. The molecule has 3 aliphatic heterocycles. The quantitative estimate of drug-likeness (QED) is 0.575. The number of carboxylic acid groups (broad SMARTS) is 1. The molecule has 1 N–H and O–H groups in total. The average molecular weight is 205 g/mol. The smallest absolute Gasteiger partial charge is 0.416 e. The number of hydrogen-bond donors (Lipinski definition) is 1. The van der Waals surface area contributed by atoms with Crippen LogP contribution < -0.4 is 0 Å². The first kappa shape index (κ1) is 7.92. The Hall–Kier alpha value is -2.44. The van der Waals surface area contributed by atoms with E-state index in [1.165, 1.54) is 17.4 Å². The predicted molar refractivity (Wildman–Crippen MR) is 45.3 cm³/mol. The molecule has 7 heteroatoms. The van der Waals surface area contributed by atoms with Gasteiger partial charge in [-0.2, -0.15) is 4.99 Å². The molecule has 0 saturated heterocycles. The van der Waals surface area contributed by atoms with E-state index in [9.17, 15) is 14.4 Å². The lowest BCUT2D eigenvalue weighted by Gasteiger charge is -2.17. The molecule has 7 nitrogen and oxygen atoms in total. The molecule has 0 aromatic carbocycles. The number of carbonyl (C=O) groups is 3. The number of carbonyl (C=O) groups excluding carboxylic acids is 2. The second-order valence-electron chi connectivity index (χ2n) is 3.11. The summed E-state index contributed by atoms with van der Waals surface area (Å²) in [6, 6.07) is 0. The highest BCUT2D eigenvalue weighted by Gasteiger charge is 2.49. The number of ketones is 1. The first-order chi connectivity index (χ1) is 7.11. The Bertz CT molecular complexity index is 528. The molecule has 0 aliphatic carbocycles. The van der Waals surface area contributed by atoms with Crippen LogP contribution in [0.15, 0.2) is 28.3 Å². The molecule has 3 heterocycles. The maximum atomic E-state index is 11.6. The molecule has 0 unspecified atom stereocenters. The molecular formula is C8H3N3O4. The summed E-state index contributed by atoms with van der Waals surface area (Å²) in [6.45, 7) is 0. The number of hydrogen-bond acceptors (Lipinski definition) is 4. The summed E-state index contributed by atoms with van der Waals surface area (Å²) in [4.78, 5) is 39.1. The molecule has 2 amide bonds. The molecular weight excluding hydrogens is 202 g/mol. The normalized spacial score (nSPS) is 21.7. The highest BCUT2D eigenvalue weighted by Crippen LogP contribution is 2.38. The molecule has 0 fully saturated rings. The van der Waals surface area contributed by atoms with Crippen LogP contribution >= 0.6 is 0 Å². The summed E-state index contributed by atoms with van der Waals surface area (Å²) in [5.41, 5.74) is 0.0527. The van der Waals surface area contributed by atoms with Crippen molar-refractivity contribution in [2.75, 3.05) is 0 Å². The van der Waals surface area contributed by atoms with Gasteiger partial charge in [0.25, 0.3) is 5.91 Å². The second-order valence-corrected chi connectivity index (χ2v) is 3.11. The zero-order chi connectivity index (χ0) is 10.7. The topological polar surface area (TPSA) is 90.3 Å². The third kappa shape index (κ3) is 0.711. The van der Waals surface area contributed by atoms with Gasteiger partial charge in [-0.1, -0.05) is 0 Å². The number of fused-ring (bicyclic) bond motifs is 4. The first-order valence-corrected chi connectivity index (χ1v) is 4.02. The first-order valence-electron chi connectivity index (χ1n) is 4.02. The SMILES string of the molecule is O=C1N=CN2C3=CN(C(=O)O)C(=C12)C3=O. The fraction of sp³-hybridized carbons (Fsp3) is 0. The minimum Gasteiger partial charge on any atom is -0.464 e. The van der Waals surface area contributed by atoms with Crippen LogP contribution in [0.4, 0.5) is 4.79 Å². The van der Waals surface area contributed by atoms with E-state index in [0.717, 1.165) is 4.90 Å². The van der Waals surface area contributed by atoms with Crippen molar-refractivity contribution in [2.24, 2.45) is 4.99 Å². The maximum Gasteiger partial charge on any atom is 0.416 e. The van der Waals surface area contributed by atoms with Crippen LogP contribution in [0.5, 0.6) is 0 Å². The monoisotopic (exact) mass is 205 g/mol. The van der Waals surface area contributed by atoms with E-state index in [0.29, 0.717) is 0 Å². The van der Waals surface area contributed by atoms with Gasteiger partial charge in [0.05, 0.1) is 0 Å². The Morgan fingerprint density at radius 2 is 2.07 bits per heavy atom. The Kier molecular flexibility index (Phi) is 1.13. The Labute approximate surface area is 82.6 Å². The van der Waals surface area contributed by atoms with E-state index in [4.69, 9.17) is 5.11 Å². The fourth-order valence-corrected chi connectivity index (χ4v) is 1.75. The van der Waals surface area contributed by atoms with Crippen LogP contribution in [0, 0.1) is 0 Å². The highest BCUT2D eigenvalue weighted by atomic mass is 16.4. The number of amides is 2. The van der Waals surface area contributed by atoms with E-state index in [1.807, 2.05) is 0 Å². The molecule has 0 saturated carbocycles. The zero-order valence-electron chi connectivity index (χ0n) is 7.17. The van der Waals surface area contributed by atoms with E-state index >= 15 is 0 Å². The van der Waals surface area contributed by atoms with Crippen molar-refractivity contribution >= 4 is 24.1 Å². The third-order valence-electron chi connectivity index (χ3n) is 2.36. The predicted octanol–water partition coefficient (Wildman–Crippen LogP) is -0.514. The van der Waals surface area contributed by atoms with Crippen molar-refractivity contribution < 1.29 is 19.5 Å². The van der Waals surface area contributed by atoms with Crippen LogP contribution in [0.2, 0.25) is 0 Å². The van der Waals surface area contributed by atoms with Gasteiger partial charge in [-0.15, -0.1) is 0 Å². The van der Waals surface area contributed by atoms with Crippen LogP contribution in [0.3, 0.4) is 0 Å². The summed E-state index contributed by atoms with van der Waals surface area (Å²) in [5, 5.41) is 8.78. The van der Waals surface area contributed by atoms with E-state index in [-0.39, 0.29) is 17.1 Å². The third-order valence-corrected chi connectivity index (χ3v) is 2.36. The number of Topliss-reactive ketones (excluding diaryl/α,β-unsaturated/α-hetero) is 1. The molecule has 3 aliphatic rings. The summed E-state index contributed by atoms with van der Waals surface area (Å²) in [6.07, 6.45) is 1.10. The van der Waals surface area contributed by atoms with Crippen molar-refractivity contribution in [3.8, 4) is 0 Å². The van der Waals surface area contributed by atoms with Gasteiger partial charge in [0.15, 0.2) is 0 Å². The van der Waals surface area contributed by atoms with Crippen LogP contribution in [0.1, 0.15) is 0 Å². The molecule has 15 heavy (non-hydrogen) atoms. The van der Waals surface area contributed by atoms with Gasteiger partial charge in [-0.3, -0.25) is 14.5 Å². The lowest BCUT2D eigenvalue weighted by atomic mass is 10.3. The summed E-state index contributed by atoms with van der Waals surface area (Å²) in [5.74, 6) is -1.04. The van der Waals surface area contributed by atoms with E-state index < -0.39 is 17.8 Å². The Balaban J connectivity index is 2.22. The number of nitrogens with zero attached hydrogens (tertiary/aromatic N) is 3. The van der Waals surface area contributed by atoms with Gasteiger partial charge < -0.3 is 5.11 Å². The van der Waals surface area contributed by atoms with Gasteiger partial charge in [0.1, 0.15) is 23.4 Å². The second kappa shape index (κ2) is 2.14. The molecule has 3 rings (SSSR count). The van der Waals surface area contributed by atoms with Crippen LogP contribution in [-0.2, 0) is 9.59 Å². The van der Waals surface area contributed by atoms with Gasteiger partial charge >= 0.3 is 6.09 Å². The standard InChI is InChI=1S/C8H3N3O4/c12-6-3-1-10(8(14)15)4(6)5-7(13)9-2-11(3)5/h1-2H,(H,14,15). The summed E-state index contributed by atoms with van der Waals surface area (Å²) >= 11 is 0. The average Bonchev–Trinajstić information content (AvgIpc) is 2.78. The van der Waals surface area contributed by atoms with Gasteiger partial charge in [-0.25, -0.2) is 9.69 Å². The van der Waals surface area contributed by atoms with Gasteiger partial charge in [0.2, 0.25) is 5.78 Å². The van der Waals surface area contributed by atoms with Gasteiger partial charge in [-0.05, 0) is 0 Å². The summed E-state index contributed by atoms with van der Waals surface area (Å²) < 4.78 is 0. The van der Waals surface area contributed by atoms with Crippen LogP contribution in [0.25, 0.3) is 0 Å². The van der Waals surface area contributed by atoms with Crippen molar-refractivity contribution in [3.05, 3.63) is 23.3 Å². The van der Waals surface area contributed by atoms with Crippen molar-refractivity contribution in [2.45, 2.75) is 0 Å². The van der Waals surface area contributed by atoms with E-state index in [2.05, 4.69) is 4.99 Å². The maximum absolute atomic E-state index is 11.6. The van der Waals surface area contributed by atoms with Crippen molar-refractivity contribution in [3.63, 3.8) is 0 Å². The molecule has 0 aromatic heterocycles. The number of aliphatic imine (C=N–C) groups is 1. The van der Waals surface area contributed by atoms with Crippen LogP contribution in [-0.4, -0.2) is 39.0 Å². The van der Waals surface area contributed by atoms with Gasteiger partial charge in [0, 0.05) is 6.20 Å². The minimum atomic E-state index is -1.29. The lowest BCUT2D eigenvalue weighted by molar-refractivity contribution is -0.115. The highest BCUT2D eigenvalue weighted by molar-refractivity contribution is 6.25. The minimum absolute atomic E-state index is 0.0277. The molecule has 0 spiro atoms.